The van der Waals surface area contributed by atoms with Crippen molar-refractivity contribution in [2.45, 2.75) is 31.6 Å². The van der Waals surface area contributed by atoms with E-state index in [0.717, 1.165) is 12.8 Å². The summed E-state index contributed by atoms with van der Waals surface area (Å²) >= 11 is 11.8. The van der Waals surface area contributed by atoms with Crippen LogP contribution in [0.25, 0.3) is 0 Å². The molecule has 1 aromatic rings. The van der Waals surface area contributed by atoms with E-state index in [4.69, 9.17) is 38.6 Å². The molecule has 0 aliphatic heterocycles. The molecular weight excluding hydrogens is 331 g/mol. The van der Waals surface area contributed by atoms with Gasteiger partial charge in [0.15, 0.2) is 0 Å². The van der Waals surface area contributed by atoms with Crippen LogP contribution in [0, 0.1) is 5.92 Å². The third-order valence-corrected chi connectivity index (χ3v) is 4.64. The molecule has 1 unspecified atom stereocenters. The molecule has 0 aliphatic carbocycles. The number of hydrogen-bond acceptors (Lipinski definition) is 3. The highest BCUT2D eigenvalue weighted by atomic mass is 35.7. The van der Waals surface area contributed by atoms with E-state index in [9.17, 15) is 8.42 Å². The van der Waals surface area contributed by atoms with Crippen molar-refractivity contribution in [3.8, 4) is 5.75 Å². The topological polar surface area (TPSA) is 43.4 Å². The molecule has 19 heavy (non-hydrogen) atoms. The summed E-state index contributed by atoms with van der Waals surface area (Å²) in [5.41, 5.74) is 0. The molecule has 7 heteroatoms. The van der Waals surface area contributed by atoms with Crippen molar-refractivity contribution in [2.75, 3.05) is 6.61 Å². The molecule has 0 N–H and O–H groups in total. The zero-order valence-corrected chi connectivity index (χ0v) is 13.7. The van der Waals surface area contributed by atoms with E-state index in [2.05, 4.69) is 13.8 Å². The molecule has 3 nitrogen and oxygen atoms in total. The minimum Gasteiger partial charge on any atom is -0.492 e. The lowest BCUT2D eigenvalue weighted by Gasteiger charge is -2.14. The third-order valence-electron chi connectivity index (χ3n) is 2.55. The Morgan fingerprint density at radius 1 is 1.26 bits per heavy atom. The molecule has 1 rings (SSSR count). The number of hydrogen-bond donors (Lipinski definition) is 0. The summed E-state index contributed by atoms with van der Waals surface area (Å²) in [5.74, 6) is 0.745. The molecule has 1 aromatic carbocycles. The van der Waals surface area contributed by atoms with Crippen molar-refractivity contribution in [1.29, 1.82) is 0 Å². The van der Waals surface area contributed by atoms with E-state index in [1.807, 2.05) is 0 Å². The van der Waals surface area contributed by atoms with Crippen LogP contribution < -0.4 is 4.74 Å². The van der Waals surface area contributed by atoms with Gasteiger partial charge in [0, 0.05) is 16.7 Å². The third kappa shape index (κ3) is 5.03. The van der Waals surface area contributed by atoms with Gasteiger partial charge in [0.25, 0.3) is 9.05 Å². The summed E-state index contributed by atoms with van der Waals surface area (Å²) in [4.78, 5) is -0.213. The van der Waals surface area contributed by atoms with Gasteiger partial charge in [-0.25, -0.2) is 8.42 Å². The van der Waals surface area contributed by atoms with Crippen molar-refractivity contribution >= 4 is 42.9 Å². The fourth-order valence-electron chi connectivity index (χ4n) is 1.62. The second kappa shape index (κ2) is 7.02. The lowest BCUT2D eigenvalue weighted by Crippen LogP contribution is -2.08. The van der Waals surface area contributed by atoms with Crippen LogP contribution in [0.5, 0.6) is 5.75 Å². The van der Waals surface area contributed by atoms with Gasteiger partial charge in [-0.2, -0.15) is 0 Å². The first-order valence-corrected chi connectivity index (χ1v) is 8.88. The Hall–Kier alpha value is -0.160. The SMILES string of the molecule is CCCC(C)COc1cc(Cl)c(S(=O)(=O)Cl)cc1Cl. The van der Waals surface area contributed by atoms with Gasteiger partial charge in [0.2, 0.25) is 0 Å². The zero-order chi connectivity index (χ0) is 14.6. The Balaban J connectivity index is 2.91. The maximum Gasteiger partial charge on any atom is 0.262 e. The summed E-state index contributed by atoms with van der Waals surface area (Å²) in [5, 5.41) is 0.171. The number of rotatable bonds is 6. The van der Waals surface area contributed by atoms with E-state index in [1.165, 1.54) is 12.1 Å². The van der Waals surface area contributed by atoms with E-state index >= 15 is 0 Å². The summed E-state index contributed by atoms with van der Waals surface area (Å²) in [7, 11) is 1.33. The molecule has 1 atom stereocenters. The number of halogens is 3. The Morgan fingerprint density at radius 2 is 1.89 bits per heavy atom. The molecule has 0 spiro atoms. The molecule has 0 amide bonds. The van der Waals surface area contributed by atoms with Gasteiger partial charge in [0.05, 0.1) is 16.7 Å². The molecule has 0 aliphatic rings. The van der Waals surface area contributed by atoms with Crippen LogP contribution in [0.1, 0.15) is 26.7 Å². The zero-order valence-electron chi connectivity index (χ0n) is 10.6. The molecule has 0 fully saturated rings. The molecule has 0 saturated carbocycles. The Labute approximate surface area is 128 Å². The average Bonchev–Trinajstić information content (AvgIpc) is 2.28. The Kier molecular flexibility index (Phi) is 6.24. The van der Waals surface area contributed by atoms with Crippen molar-refractivity contribution in [3.63, 3.8) is 0 Å². The van der Waals surface area contributed by atoms with E-state index in [1.54, 1.807) is 0 Å². The molecule has 0 heterocycles. The normalized spacial score (nSPS) is 13.3. The van der Waals surface area contributed by atoms with Crippen LogP contribution >= 0.6 is 33.9 Å². The van der Waals surface area contributed by atoms with Crippen LogP contribution in [0.4, 0.5) is 0 Å². The van der Waals surface area contributed by atoms with Crippen LogP contribution in [0.2, 0.25) is 10.0 Å². The molecule has 0 saturated heterocycles. The first-order chi connectivity index (χ1) is 8.75. The summed E-state index contributed by atoms with van der Waals surface area (Å²) in [6, 6.07) is 2.57. The minimum absolute atomic E-state index is 0.00227. The maximum absolute atomic E-state index is 11.3. The molecule has 0 aromatic heterocycles. The second-order valence-corrected chi connectivity index (χ2v) is 7.70. The lowest BCUT2D eigenvalue weighted by molar-refractivity contribution is 0.251. The smallest absolute Gasteiger partial charge is 0.262 e. The van der Waals surface area contributed by atoms with Crippen molar-refractivity contribution in [1.82, 2.24) is 0 Å². The molecule has 0 bridgehead atoms. The van der Waals surface area contributed by atoms with E-state index in [0.29, 0.717) is 18.3 Å². The van der Waals surface area contributed by atoms with Crippen molar-refractivity contribution in [2.24, 2.45) is 5.92 Å². The Morgan fingerprint density at radius 3 is 2.42 bits per heavy atom. The van der Waals surface area contributed by atoms with Gasteiger partial charge in [-0.05, 0) is 18.4 Å². The predicted molar refractivity (Wildman–Crippen MR) is 79.1 cm³/mol. The van der Waals surface area contributed by atoms with Gasteiger partial charge in [-0.1, -0.05) is 43.5 Å². The summed E-state index contributed by atoms with van der Waals surface area (Å²) in [6.45, 7) is 4.66. The average molecular weight is 346 g/mol. The maximum atomic E-state index is 11.3. The van der Waals surface area contributed by atoms with Crippen LogP contribution in [-0.2, 0) is 9.05 Å². The number of ether oxygens (including phenoxy) is 1. The van der Waals surface area contributed by atoms with Gasteiger partial charge in [-0.15, -0.1) is 0 Å². The largest absolute Gasteiger partial charge is 0.492 e. The van der Waals surface area contributed by atoms with E-state index < -0.39 is 9.05 Å². The summed E-state index contributed by atoms with van der Waals surface area (Å²) < 4.78 is 28.0. The van der Waals surface area contributed by atoms with Crippen LogP contribution in [-0.4, -0.2) is 15.0 Å². The molecule has 0 radical (unpaired) electrons. The monoisotopic (exact) mass is 344 g/mol. The highest BCUT2D eigenvalue weighted by Gasteiger charge is 2.18. The lowest BCUT2D eigenvalue weighted by atomic mass is 10.1. The fraction of sp³-hybridized carbons (Fsp3) is 0.500. The van der Waals surface area contributed by atoms with Gasteiger partial charge in [-0.3, -0.25) is 0 Å². The highest BCUT2D eigenvalue weighted by molar-refractivity contribution is 8.13. The highest BCUT2D eigenvalue weighted by Crippen LogP contribution is 2.35. The van der Waals surface area contributed by atoms with Gasteiger partial charge >= 0.3 is 0 Å². The second-order valence-electron chi connectivity index (χ2n) is 4.36. The number of benzene rings is 1. The fourth-order valence-corrected chi connectivity index (χ4v) is 3.41. The first-order valence-electron chi connectivity index (χ1n) is 5.82. The minimum atomic E-state index is -3.91. The van der Waals surface area contributed by atoms with Crippen LogP contribution in [0.15, 0.2) is 17.0 Å². The van der Waals surface area contributed by atoms with Crippen molar-refractivity contribution in [3.05, 3.63) is 22.2 Å². The van der Waals surface area contributed by atoms with Gasteiger partial charge < -0.3 is 4.74 Å². The summed E-state index contributed by atoms with van der Waals surface area (Å²) in [6.07, 6.45) is 2.11. The molecular formula is C12H15Cl3O3S. The molecule has 108 valence electrons. The first kappa shape index (κ1) is 16.9. The van der Waals surface area contributed by atoms with Crippen molar-refractivity contribution < 1.29 is 13.2 Å². The predicted octanol–water partition coefficient (Wildman–Crippen LogP) is 4.74. The standard InChI is InChI=1S/C12H15Cl3O3S/c1-3-4-8(2)7-18-11-5-10(14)12(6-9(11)13)19(15,16)17/h5-6,8H,3-4,7H2,1-2H3. The Bertz CT molecular complexity index is 543. The van der Waals surface area contributed by atoms with E-state index in [-0.39, 0.29) is 14.9 Å². The van der Waals surface area contributed by atoms with Gasteiger partial charge in [0.1, 0.15) is 10.6 Å². The van der Waals surface area contributed by atoms with Crippen LogP contribution in [0.3, 0.4) is 0 Å². The quantitative estimate of drug-likeness (QED) is 0.700.